The maximum atomic E-state index is 5.37. The standard InChI is InChI=1S/C16H20N2O3.ClH/c1-18(13-5-7-17-8-6-13)11-12-9-14(19-2)16(21-4)15(10-12)20-3;/h5-10H,11H2,1-4H3;1H. The number of benzene rings is 1. The van der Waals surface area contributed by atoms with E-state index >= 15 is 0 Å². The Morgan fingerprint density at radius 1 is 0.955 bits per heavy atom. The molecule has 0 unspecified atom stereocenters. The van der Waals surface area contributed by atoms with Gasteiger partial charge in [0.05, 0.1) is 21.3 Å². The third kappa shape index (κ3) is 3.95. The molecule has 0 aliphatic carbocycles. The summed E-state index contributed by atoms with van der Waals surface area (Å²) in [6.45, 7) is 0.723. The van der Waals surface area contributed by atoms with Crippen LogP contribution >= 0.6 is 12.4 Å². The monoisotopic (exact) mass is 324 g/mol. The summed E-state index contributed by atoms with van der Waals surface area (Å²) < 4.78 is 16.1. The van der Waals surface area contributed by atoms with Crippen molar-refractivity contribution < 1.29 is 14.2 Å². The zero-order chi connectivity index (χ0) is 15.2. The van der Waals surface area contributed by atoms with E-state index in [1.54, 1.807) is 33.7 Å². The summed E-state index contributed by atoms with van der Waals surface area (Å²) in [5.74, 6) is 1.93. The Bertz CT molecular complexity index is 568. The Kier molecular flexibility index (Phi) is 6.79. The smallest absolute Gasteiger partial charge is 0.203 e. The fourth-order valence-corrected chi connectivity index (χ4v) is 2.19. The topological polar surface area (TPSA) is 43.8 Å². The largest absolute Gasteiger partial charge is 0.493 e. The molecule has 0 radical (unpaired) electrons. The minimum absolute atomic E-state index is 0. The Labute approximate surface area is 137 Å². The summed E-state index contributed by atoms with van der Waals surface area (Å²) in [5, 5.41) is 0. The summed E-state index contributed by atoms with van der Waals surface area (Å²) in [7, 11) is 6.86. The molecule has 1 heterocycles. The van der Waals surface area contributed by atoms with E-state index in [9.17, 15) is 0 Å². The van der Waals surface area contributed by atoms with Gasteiger partial charge in [-0.1, -0.05) is 0 Å². The lowest BCUT2D eigenvalue weighted by Gasteiger charge is -2.21. The minimum atomic E-state index is 0. The molecule has 0 bridgehead atoms. The Morgan fingerprint density at radius 2 is 1.50 bits per heavy atom. The number of halogens is 1. The molecule has 0 aliphatic rings. The van der Waals surface area contributed by atoms with Gasteiger partial charge in [0.25, 0.3) is 0 Å². The van der Waals surface area contributed by atoms with Gasteiger partial charge in [0.1, 0.15) is 0 Å². The second-order valence-electron chi connectivity index (χ2n) is 4.60. The van der Waals surface area contributed by atoms with E-state index in [2.05, 4.69) is 9.88 Å². The average molecular weight is 325 g/mol. The number of anilines is 1. The van der Waals surface area contributed by atoms with Crippen molar-refractivity contribution in [3.05, 3.63) is 42.2 Å². The van der Waals surface area contributed by atoms with Crippen LogP contribution in [0.15, 0.2) is 36.7 Å². The van der Waals surface area contributed by atoms with E-state index in [1.807, 2.05) is 31.3 Å². The third-order valence-electron chi connectivity index (χ3n) is 3.25. The fraction of sp³-hybridized carbons (Fsp3) is 0.312. The van der Waals surface area contributed by atoms with Gasteiger partial charge in [-0.2, -0.15) is 0 Å². The highest BCUT2D eigenvalue weighted by molar-refractivity contribution is 5.85. The number of nitrogens with zero attached hydrogens (tertiary/aromatic N) is 2. The first kappa shape index (κ1) is 17.9. The highest BCUT2D eigenvalue weighted by atomic mass is 35.5. The minimum Gasteiger partial charge on any atom is -0.493 e. The number of aromatic nitrogens is 1. The maximum Gasteiger partial charge on any atom is 0.203 e. The van der Waals surface area contributed by atoms with Crippen molar-refractivity contribution in [2.24, 2.45) is 0 Å². The van der Waals surface area contributed by atoms with E-state index in [1.165, 1.54) is 0 Å². The second-order valence-corrected chi connectivity index (χ2v) is 4.60. The molecule has 1 aromatic heterocycles. The van der Waals surface area contributed by atoms with Crippen LogP contribution < -0.4 is 19.1 Å². The molecule has 6 heteroatoms. The summed E-state index contributed by atoms with van der Waals surface area (Å²) in [5.41, 5.74) is 2.17. The number of rotatable bonds is 6. The molecule has 0 aliphatic heterocycles. The lowest BCUT2D eigenvalue weighted by atomic mass is 10.1. The van der Waals surface area contributed by atoms with Gasteiger partial charge in [-0.05, 0) is 29.8 Å². The molecule has 5 nitrogen and oxygen atoms in total. The van der Waals surface area contributed by atoms with E-state index in [-0.39, 0.29) is 12.4 Å². The molecular weight excluding hydrogens is 304 g/mol. The summed E-state index contributed by atoms with van der Waals surface area (Å²) >= 11 is 0. The van der Waals surface area contributed by atoms with Crippen LogP contribution in [0.5, 0.6) is 17.2 Å². The zero-order valence-electron chi connectivity index (χ0n) is 13.2. The van der Waals surface area contributed by atoms with Crippen molar-refractivity contribution in [2.75, 3.05) is 33.3 Å². The third-order valence-corrected chi connectivity index (χ3v) is 3.25. The van der Waals surface area contributed by atoms with Gasteiger partial charge in [0.15, 0.2) is 11.5 Å². The Morgan fingerprint density at radius 3 is 1.95 bits per heavy atom. The first-order valence-corrected chi connectivity index (χ1v) is 6.59. The number of hydrogen-bond donors (Lipinski definition) is 0. The SMILES string of the molecule is COc1cc(CN(C)c2ccncc2)cc(OC)c1OC.Cl. The molecule has 0 spiro atoms. The van der Waals surface area contributed by atoms with Crippen LogP contribution in [0.2, 0.25) is 0 Å². The lowest BCUT2D eigenvalue weighted by molar-refractivity contribution is 0.324. The predicted molar refractivity (Wildman–Crippen MR) is 89.7 cm³/mol. The van der Waals surface area contributed by atoms with Gasteiger partial charge >= 0.3 is 0 Å². The Hall–Kier alpha value is -2.14. The van der Waals surface area contributed by atoms with Crippen molar-refractivity contribution in [2.45, 2.75) is 6.54 Å². The fourth-order valence-electron chi connectivity index (χ4n) is 2.19. The molecule has 0 fully saturated rings. The molecular formula is C16H21ClN2O3. The average Bonchev–Trinajstić information content (AvgIpc) is 2.54. The van der Waals surface area contributed by atoms with E-state index in [0.29, 0.717) is 17.2 Å². The number of hydrogen-bond acceptors (Lipinski definition) is 5. The summed E-state index contributed by atoms with van der Waals surface area (Å²) in [6, 6.07) is 7.86. The van der Waals surface area contributed by atoms with Crippen LogP contribution in [0.25, 0.3) is 0 Å². The highest BCUT2D eigenvalue weighted by Gasteiger charge is 2.14. The normalized spacial score (nSPS) is 9.64. The second kappa shape index (κ2) is 8.34. The van der Waals surface area contributed by atoms with Crippen LogP contribution in [-0.2, 0) is 6.54 Å². The first-order valence-electron chi connectivity index (χ1n) is 6.59. The number of pyridine rings is 1. The molecule has 2 rings (SSSR count). The van der Waals surface area contributed by atoms with Crippen molar-refractivity contribution in [3.8, 4) is 17.2 Å². The Balaban J connectivity index is 0.00000242. The molecule has 1 aromatic carbocycles. The summed E-state index contributed by atoms with van der Waals surface area (Å²) in [4.78, 5) is 6.16. The van der Waals surface area contributed by atoms with E-state index in [0.717, 1.165) is 17.8 Å². The molecule has 0 amide bonds. The highest BCUT2D eigenvalue weighted by Crippen LogP contribution is 2.38. The molecule has 120 valence electrons. The van der Waals surface area contributed by atoms with Crippen molar-refractivity contribution in [1.82, 2.24) is 4.98 Å². The van der Waals surface area contributed by atoms with Gasteiger partial charge in [-0.15, -0.1) is 12.4 Å². The van der Waals surface area contributed by atoms with Crippen molar-refractivity contribution in [3.63, 3.8) is 0 Å². The van der Waals surface area contributed by atoms with E-state index < -0.39 is 0 Å². The van der Waals surface area contributed by atoms with Crippen LogP contribution in [0.3, 0.4) is 0 Å². The maximum absolute atomic E-state index is 5.37. The number of methoxy groups -OCH3 is 3. The van der Waals surface area contributed by atoms with Gasteiger partial charge < -0.3 is 19.1 Å². The molecule has 0 saturated heterocycles. The van der Waals surface area contributed by atoms with Crippen LogP contribution in [0, 0.1) is 0 Å². The van der Waals surface area contributed by atoms with Gasteiger partial charge in [-0.25, -0.2) is 0 Å². The predicted octanol–water partition coefficient (Wildman–Crippen LogP) is 3.17. The van der Waals surface area contributed by atoms with E-state index in [4.69, 9.17) is 14.2 Å². The molecule has 0 saturated carbocycles. The van der Waals surface area contributed by atoms with Crippen molar-refractivity contribution >= 4 is 18.1 Å². The van der Waals surface area contributed by atoms with Gasteiger partial charge in [-0.3, -0.25) is 4.98 Å². The lowest BCUT2D eigenvalue weighted by Crippen LogP contribution is -2.16. The molecule has 22 heavy (non-hydrogen) atoms. The number of ether oxygens (including phenoxy) is 3. The quantitative estimate of drug-likeness (QED) is 0.816. The zero-order valence-corrected chi connectivity index (χ0v) is 14.0. The van der Waals surface area contributed by atoms with Gasteiger partial charge in [0, 0.05) is 31.7 Å². The van der Waals surface area contributed by atoms with Gasteiger partial charge in [0.2, 0.25) is 5.75 Å². The molecule has 0 N–H and O–H groups in total. The van der Waals surface area contributed by atoms with Crippen LogP contribution in [0.4, 0.5) is 5.69 Å². The van der Waals surface area contributed by atoms with Crippen LogP contribution in [0.1, 0.15) is 5.56 Å². The first-order chi connectivity index (χ1) is 10.2. The molecule has 0 atom stereocenters. The molecule has 2 aromatic rings. The van der Waals surface area contributed by atoms with Crippen molar-refractivity contribution in [1.29, 1.82) is 0 Å². The summed E-state index contributed by atoms with van der Waals surface area (Å²) in [6.07, 6.45) is 3.56. The van der Waals surface area contributed by atoms with Crippen LogP contribution in [-0.4, -0.2) is 33.4 Å².